The number of rotatable bonds is 3. The lowest BCUT2D eigenvalue weighted by Gasteiger charge is -2.32. The number of carbonyl (C=O) groups is 1. The van der Waals surface area contributed by atoms with Crippen molar-refractivity contribution in [2.75, 3.05) is 11.4 Å². The van der Waals surface area contributed by atoms with Crippen LogP contribution in [0.25, 0.3) is 0 Å². The van der Waals surface area contributed by atoms with Gasteiger partial charge in [0.2, 0.25) is 0 Å². The number of benzene rings is 1. The Morgan fingerprint density at radius 2 is 2.16 bits per heavy atom. The summed E-state index contributed by atoms with van der Waals surface area (Å²) in [5.74, 6) is 0.121. The molecule has 19 heavy (non-hydrogen) atoms. The maximum absolute atomic E-state index is 11.4. The van der Waals surface area contributed by atoms with Gasteiger partial charge in [-0.25, -0.2) is 0 Å². The fourth-order valence-corrected chi connectivity index (χ4v) is 3.48. The van der Waals surface area contributed by atoms with Gasteiger partial charge in [0.05, 0.1) is 5.69 Å². The highest BCUT2D eigenvalue weighted by Gasteiger charge is 2.21. The van der Waals surface area contributed by atoms with E-state index < -0.39 is 0 Å². The Morgan fingerprint density at radius 1 is 1.37 bits per heavy atom. The highest BCUT2D eigenvalue weighted by atomic mass is 79.9. The molecule has 0 radical (unpaired) electrons. The van der Waals surface area contributed by atoms with Gasteiger partial charge < -0.3 is 4.90 Å². The normalized spacial score (nSPS) is 20.2. The van der Waals surface area contributed by atoms with Crippen LogP contribution in [-0.2, 0) is 0 Å². The van der Waals surface area contributed by atoms with Crippen molar-refractivity contribution >= 4 is 27.4 Å². The van der Waals surface area contributed by atoms with Gasteiger partial charge in [-0.3, -0.25) is 4.79 Å². The first-order valence-electron chi connectivity index (χ1n) is 7.20. The fourth-order valence-electron chi connectivity index (χ4n) is 2.88. The molecule has 0 aliphatic carbocycles. The van der Waals surface area contributed by atoms with Crippen LogP contribution in [0.1, 0.15) is 56.3 Å². The summed E-state index contributed by atoms with van der Waals surface area (Å²) in [5, 5.41) is 0. The number of hydrogen-bond donors (Lipinski definition) is 0. The summed E-state index contributed by atoms with van der Waals surface area (Å²) in [6.07, 6.45) is 6.38. The van der Waals surface area contributed by atoms with Gasteiger partial charge in [0.25, 0.3) is 0 Å². The van der Waals surface area contributed by atoms with Crippen molar-refractivity contribution in [1.29, 1.82) is 0 Å². The Labute approximate surface area is 124 Å². The second-order valence-electron chi connectivity index (χ2n) is 5.33. The molecule has 0 spiro atoms. The molecule has 2 nitrogen and oxygen atoms in total. The van der Waals surface area contributed by atoms with Gasteiger partial charge in [0.1, 0.15) is 0 Å². The summed E-state index contributed by atoms with van der Waals surface area (Å²) >= 11 is 3.64. The molecule has 1 saturated heterocycles. The molecule has 0 bridgehead atoms. The monoisotopic (exact) mass is 323 g/mol. The van der Waals surface area contributed by atoms with Gasteiger partial charge in [0.15, 0.2) is 5.78 Å². The molecule has 0 amide bonds. The van der Waals surface area contributed by atoms with Crippen molar-refractivity contribution in [3.63, 3.8) is 0 Å². The number of carbonyl (C=O) groups excluding carboxylic acids is 1. The van der Waals surface area contributed by atoms with Crippen molar-refractivity contribution in [2.45, 2.75) is 52.0 Å². The first-order chi connectivity index (χ1) is 9.13. The third kappa shape index (κ3) is 3.38. The average Bonchev–Trinajstić information content (AvgIpc) is 2.63. The summed E-state index contributed by atoms with van der Waals surface area (Å²) in [6.45, 7) is 5.00. The van der Waals surface area contributed by atoms with E-state index in [9.17, 15) is 4.79 Å². The molecular weight excluding hydrogens is 302 g/mol. The van der Waals surface area contributed by atoms with Crippen molar-refractivity contribution in [3.05, 3.63) is 28.2 Å². The van der Waals surface area contributed by atoms with Crippen LogP contribution in [0.2, 0.25) is 0 Å². The van der Waals surface area contributed by atoms with Crippen LogP contribution in [0.5, 0.6) is 0 Å². The molecule has 0 aromatic heterocycles. The van der Waals surface area contributed by atoms with Gasteiger partial charge >= 0.3 is 0 Å². The van der Waals surface area contributed by atoms with Crippen molar-refractivity contribution in [2.24, 2.45) is 0 Å². The molecule has 104 valence electrons. The van der Waals surface area contributed by atoms with E-state index in [-0.39, 0.29) is 5.78 Å². The molecule has 1 atom stereocenters. The van der Waals surface area contributed by atoms with Gasteiger partial charge in [-0.05, 0) is 60.3 Å². The molecule has 1 aliphatic rings. The summed E-state index contributed by atoms with van der Waals surface area (Å²) in [5.41, 5.74) is 2.01. The largest absolute Gasteiger partial charge is 0.368 e. The molecule has 2 rings (SSSR count). The van der Waals surface area contributed by atoms with Crippen molar-refractivity contribution in [3.8, 4) is 0 Å². The summed E-state index contributed by atoms with van der Waals surface area (Å²) in [7, 11) is 0. The van der Waals surface area contributed by atoms with Gasteiger partial charge in [-0.1, -0.05) is 19.8 Å². The van der Waals surface area contributed by atoms with E-state index in [0.29, 0.717) is 6.04 Å². The van der Waals surface area contributed by atoms with Crippen LogP contribution in [0.4, 0.5) is 5.69 Å². The van der Waals surface area contributed by atoms with Gasteiger partial charge in [0, 0.05) is 22.6 Å². The predicted octanol–water partition coefficient (Wildman–Crippen LogP) is 4.81. The zero-order valence-corrected chi connectivity index (χ0v) is 13.4. The minimum atomic E-state index is 0.121. The minimum absolute atomic E-state index is 0.121. The number of nitrogens with zero attached hydrogens (tertiary/aromatic N) is 1. The number of halogens is 1. The molecule has 1 aromatic rings. The first-order valence-corrected chi connectivity index (χ1v) is 8.00. The molecule has 1 heterocycles. The molecule has 0 saturated carbocycles. The third-order valence-electron chi connectivity index (χ3n) is 4.01. The smallest absolute Gasteiger partial charge is 0.159 e. The van der Waals surface area contributed by atoms with Crippen LogP contribution >= 0.6 is 15.9 Å². The number of Topliss-reactive ketones (excluding diaryl/α,β-unsaturated/α-hetero) is 1. The maximum Gasteiger partial charge on any atom is 0.159 e. The Kier molecular flexibility index (Phi) is 5.03. The van der Waals surface area contributed by atoms with E-state index in [0.717, 1.165) is 16.6 Å². The molecule has 1 fully saturated rings. The maximum atomic E-state index is 11.4. The Bertz CT molecular complexity index is 458. The molecular formula is C16H22BrNO. The standard InChI is InChI=1S/C16H22BrNO/c1-3-14-7-5-4-6-10-18(14)16-9-8-13(12(2)19)11-15(16)17/h8-9,11,14H,3-7,10H2,1-2H3. The molecule has 0 N–H and O–H groups in total. The lowest BCUT2D eigenvalue weighted by Crippen LogP contribution is -2.34. The first kappa shape index (κ1) is 14.6. The molecule has 1 aliphatic heterocycles. The van der Waals surface area contributed by atoms with Crippen molar-refractivity contribution in [1.82, 2.24) is 0 Å². The van der Waals surface area contributed by atoms with Crippen LogP contribution in [0.3, 0.4) is 0 Å². The average molecular weight is 324 g/mol. The molecule has 1 unspecified atom stereocenters. The van der Waals surface area contributed by atoms with Gasteiger partial charge in [-0.15, -0.1) is 0 Å². The summed E-state index contributed by atoms with van der Waals surface area (Å²) in [6, 6.07) is 6.62. The summed E-state index contributed by atoms with van der Waals surface area (Å²) < 4.78 is 1.04. The number of anilines is 1. The Hall–Kier alpha value is -0.830. The van der Waals surface area contributed by atoms with Crippen LogP contribution in [0, 0.1) is 0 Å². The second kappa shape index (κ2) is 6.56. The van der Waals surface area contributed by atoms with E-state index in [2.05, 4.69) is 33.8 Å². The van der Waals surface area contributed by atoms with Crippen molar-refractivity contribution < 1.29 is 4.79 Å². The highest BCUT2D eigenvalue weighted by Crippen LogP contribution is 2.32. The highest BCUT2D eigenvalue weighted by molar-refractivity contribution is 9.10. The number of ketones is 1. The molecule has 1 aromatic carbocycles. The fraction of sp³-hybridized carbons (Fsp3) is 0.562. The van der Waals surface area contributed by atoms with E-state index in [4.69, 9.17) is 0 Å². The lowest BCUT2D eigenvalue weighted by molar-refractivity contribution is 0.101. The van der Waals surface area contributed by atoms with E-state index in [1.54, 1.807) is 6.92 Å². The number of hydrogen-bond acceptors (Lipinski definition) is 2. The zero-order chi connectivity index (χ0) is 13.8. The van der Waals surface area contributed by atoms with E-state index in [1.165, 1.54) is 37.8 Å². The second-order valence-corrected chi connectivity index (χ2v) is 6.18. The Balaban J connectivity index is 2.30. The minimum Gasteiger partial charge on any atom is -0.368 e. The van der Waals surface area contributed by atoms with Crippen LogP contribution < -0.4 is 4.90 Å². The van der Waals surface area contributed by atoms with Crippen LogP contribution in [0.15, 0.2) is 22.7 Å². The predicted molar refractivity (Wildman–Crippen MR) is 84.0 cm³/mol. The lowest BCUT2D eigenvalue weighted by atomic mass is 10.1. The Morgan fingerprint density at radius 3 is 2.79 bits per heavy atom. The topological polar surface area (TPSA) is 20.3 Å². The van der Waals surface area contributed by atoms with E-state index >= 15 is 0 Å². The van der Waals surface area contributed by atoms with E-state index in [1.807, 2.05) is 12.1 Å². The summed E-state index contributed by atoms with van der Waals surface area (Å²) in [4.78, 5) is 13.9. The van der Waals surface area contributed by atoms with Crippen LogP contribution in [-0.4, -0.2) is 18.4 Å². The SMILES string of the molecule is CCC1CCCCCN1c1ccc(C(C)=O)cc1Br. The molecule has 3 heteroatoms. The third-order valence-corrected chi connectivity index (χ3v) is 4.65. The van der Waals surface area contributed by atoms with Gasteiger partial charge in [-0.2, -0.15) is 0 Å². The zero-order valence-electron chi connectivity index (χ0n) is 11.8. The quantitative estimate of drug-likeness (QED) is 0.744.